The summed E-state index contributed by atoms with van der Waals surface area (Å²) in [6.07, 6.45) is -3.17. The molecule has 2 heterocycles. The van der Waals surface area contributed by atoms with E-state index in [0.717, 1.165) is 4.57 Å². The first-order valence-corrected chi connectivity index (χ1v) is 6.03. The molecular formula is C12H10F3N5O. The molecule has 0 atom stereocenters. The van der Waals surface area contributed by atoms with Crippen molar-refractivity contribution in [3.8, 4) is 0 Å². The Morgan fingerprint density at radius 1 is 1.29 bits per heavy atom. The van der Waals surface area contributed by atoms with Crippen LogP contribution >= 0.6 is 0 Å². The van der Waals surface area contributed by atoms with Gasteiger partial charge in [-0.25, -0.2) is 4.98 Å². The average Bonchev–Trinajstić information content (AvgIpc) is 3.01. The van der Waals surface area contributed by atoms with E-state index in [4.69, 9.17) is 10.3 Å². The maximum Gasteiger partial charge on any atom is 0.449 e. The number of hydrogen-bond acceptors (Lipinski definition) is 5. The monoisotopic (exact) mass is 297 g/mol. The Bertz CT molecular complexity index is 763. The van der Waals surface area contributed by atoms with Gasteiger partial charge in [0.05, 0.1) is 11.0 Å². The maximum atomic E-state index is 13.1. The molecule has 0 radical (unpaired) electrons. The number of imidazole rings is 1. The molecule has 0 spiro atoms. The fourth-order valence-corrected chi connectivity index (χ4v) is 2.10. The van der Waals surface area contributed by atoms with E-state index in [0.29, 0.717) is 11.2 Å². The van der Waals surface area contributed by atoms with Gasteiger partial charge in [-0.2, -0.15) is 18.2 Å². The van der Waals surface area contributed by atoms with Crippen LogP contribution in [0.4, 0.5) is 18.9 Å². The minimum Gasteiger partial charge on any atom is -0.399 e. The third-order valence-electron chi connectivity index (χ3n) is 2.98. The molecule has 3 rings (SSSR count). The number of rotatable bonds is 3. The largest absolute Gasteiger partial charge is 0.449 e. The van der Waals surface area contributed by atoms with Crippen LogP contribution < -0.4 is 5.73 Å². The van der Waals surface area contributed by atoms with Crippen molar-refractivity contribution < 1.29 is 17.7 Å². The summed E-state index contributed by atoms with van der Waals surface area (Å²) >= 11 is 0. The minimum atomic E-state index is -4.55. The number of fused-ring (bicyclic) bond motifs is 1. The highest BCUT2D eigenvalue weighted by Crippen LogP contribution is 2.32. The third kappa shape index (κ3) is 2.54. The molecule has 0 aliphatic carbocycles. The summed E-state index contributed by atoms with van der Waals surface area (Å²) in [7, 11) is 0. The number of aromatic nitrogens is 4. The zero-order chi connectivity index (χ0) is 15.0. The molecule has 21 heavy (non-hydrogen) atoms. The summed E-state index contributed by atoms with van der Waals surface area (Å²) in [5.74, 6) is -0.706. The van der Waals surface area contributed by atoms with E-state index >= 15 is 0 Å². The Labute approximate surface area is 116 Å². The van der Waals surface area contributed by atoms with Gasteiger partial charge in [-0.1, -0.05) is 5.16 Å². The number of anilines is 1. The van der Waals surface area contributed by atoms with Crippen molar-refractivity contribution in [2.75, 3.05) is 5.73 Å². The van der Waals surface area contributed by atoms with Crippen molar-refractivity contribution in [3.63, 3.8) is 0 Å². The van der Waals surface area contributed by atoms with Crippen molar-refractivity contribution in [3.05, 3.63) is 36.2 Å². The van der Waals surface area contributed by atoms with Gasteiger partial charge < -0.3 is 14.8 Å². The van der Waals surface area contributed by atoms with Crippen molar-refractivity contribution in [2.45, 2.75) is 19.1 Å². The number of benzene rings is 1. The van der Waals surface area contributed by atoms with Gasteiger partial charge in [-0.3, -0.25) is 0 Å². The lowest BCUT2D eigenvalue weighted by molar-refractivity contribution is -0.146. The molecule has 1 aromatic carbocycles. The van der Waals surface area contributed by atoms with Crippen molar-refractivity contribution in [1.29, 1.82) is 0 Å². The quantitative estimate of drug-likeness (QED) is 0.750. The van der Waals surface area contributed by atoms with Crippen LogP contribution in [-0.4, -0.2) is 19.7 Å². The smallest absolute Gasteiger partial charge is 0.399 e. The maximum absolute atomic E-state index is 13.1. The summed E-state index contributed by atoms with van der Waals surface area (Å²) in [6.45, 7) is 0.0253. The Kier molecular flexibility index (Phi) is 3.04. The number of hydrogen-bond donors (Lipinski definition) is 1. The highest BCUT2D eigenvalue weighted by atomic mass is 19.4. The van der Waals surface area contributed by atoms with E-state index in [1.165, 1.54) is 24.5 Å². The molecule has 0 saturated carbocycles. The molecule has 110 valence electrons. The number of aryl methyl sites for hydroxylation is 2. The summed E-state index contributed by atoms with van der Waals surface area (Å²) in [6, 6.07) is 4.46. The summed E-state index contributed by atoms with van der Waals surface area (Å²) in [5.41, 5.74) is 6.50. The predicted octanol–water partition coefficient (Wildman–Crippen LogP) is 2.26. The van der Waals surface area contributed by atoms with Crippen molar-refractivity contribution in [1.82, 2.24) is 19.7 Å². The first-order chi connectivity index (χ1) is 9.95. The predicted molar refractivity (Wildman–Crippen MR) is 67.1 cm³/mol. The molecule has 0 fully saturated rings. The molecule has 2 N–H and O–H groups in total. The van der Waals surface area contributed by atoms with Gasteiger partial charge >= 0.3 is 6.18 Å². The SMILES string of the molecule is Nc1ccc2c(c1)nc(C(F)(F)F)n2CCc1ncno1. The van der Waals surface area contributed by atoms with Crippen molar-refractivity contribution in [2.24, 2.45) is 0 Å². The Hall–Kier alpha value is -2.58. The van der Waals surface area contributed by atoms with Gasteiger partial charge in [0.15, 0.2) is 6.33 Å². The zero-order valence-corrected chi connectivity index (χ0v) is 10.6. The molecule has 6 nitrogen and oxygen atoms in total. The Morgan fingerprint density at radius 2 is 2.10 bits per heavy atom. The van der Waals surface area contributed by atoms with Crippen LogP contribution in [0.3, 0.4) is 0 Å². The second-order valence-electron chi connectivity index (χ2n) is 4.42. The van der Waals surface area contributed by atoms with E-state index in [1.807, 2.05) is 0 Å². The first-order valence-electron chi connectivity index (χ1n) is 6.03. The van der Waals surface area contributed by atoms with Crippen LogP contribution in [-0.2, 0) is 19.1 Å². The molecule has 9 heteroatoms. The molecule has 0 aliphatic rings. The normalized spacial score (nSPS) is 12.1. The zero-order valence-electron chi connectivity index (χ0n) is 10.6. The second-order valence-corrected chi connectivity index (χ2v) is 4.42. The van der Waals surface area contributed by atoms with Gasteiger partial charge in [0.2, 0.25) is 11.7 Å². The molecule has 0 amide bonds. The van der Waals surface area contributed by atoms with Crippen LogP contribution in [0, 0.1) is 0 Å². The van der Waals surface area contributed by atoms with E-state index < -0.39 is 12.0 Å². The van der Waals surface area contributed by atoms with Gasteiger partial charge in [-0.05, 0) is 18.2 Å². The number of nitrogens with zero attached hydrogens (tertiary/aromatic N) is 4. The van der Waals surface area contributed by atoms with Crippen LogP contribution in [0.5, 0.6) is 0 Å². The first kappa shape index (κ1) is 13.4. The van der Waals surface area contributed by atoms with E-state index in [-0.39, 0.29) is 24.4 Å². The van der Waals surface area contributed by atoms with Crippen LogP contribution in [0.15, 0.2) is 29.0 Å². The highest BCUT2D eigenvalue weighted by molar-refractivity contribution is 5.79. The fourth-order valence-electron chi connectivity index (χ4n) is 2.10. The molecule has 0 unspecified atom stereocenters. The number of nitrogen functional groups attached to an aromatic ring is 1. The van der Waals surface area contributed by atoms with Gasteiger partial charge in [0.25, 0.3) is 0 Å². The van der Waals surface area contributed by atoms with E-state index in [9.17, 15) is 13.2 Å². The van der Waals surface area contributed by atoms with Gasteiger partial charge in [0, 0.05) is 18.7 Å². The third-order valence-corrected chi connectivity index (χ3v) is 2.98. The lowest BCUT2D eigenvalue weighted by Gasteiger charge is -2.10. The lowest BCUT2D eigenvalue weighted by Crippen LogP contribution is -2.16. The fraction of sp³-hybridized carbons (Fsp3) is 0.250. The number of halogens is 3. The second kappa shape index (κ2) is 4.76. The highest BCUT2D eigenvalue weighted by Gasteiger charge is 2.37. The van der Waals surface area contributed by atoms with Crippen molar-refractivity contribution >= 4 is 16.7 Å². The van der Waals surface area contributed by atoms with Gasteiger partial charge in [-0.15, -0.1) is 0 Å². The Morgan fingerprint density at radius 3 is 2.76 bits per heavy atom. The van der Waals surface area contributed by atoms with E-state index in [2.05, 4.69) is 15.1 Å². The van der Waals surface area contributed by atoms with E-state index in [1.54, 1.807) is 0 Å². The summed E-state index contributed by atoms with van der Waals surface area (Å²) < 4.78 is 45.1. The molecule has 2 aromatic heterocycles. The van der Waals surface area contributed by atoms with Gasteiger partial charge in [0.1, 0.15) is 0 Å². The molecule has 0 bridgehead atoms. The molecule has 3 aromatic rings. The molecule has 0 saturated heterocycles. The summed E-state index contributed by atoms with van der Waals surface area (Å²) in [5, 5.41) is 3.42. The number of alkyl halides is 3. The van der Waals surface area contributed by atoms with Crippen LogP contribution in [0.25, 0.3) is 11.0 Å². The Balaban J connectivity index is 2.05. The standard InChI is InChI=1S/C12H10F3N5O/c13-12(14,15)11-19-8-5-7(16)1-2-9(8)20(11)4-3-10-17-6-18-21-10/h1-2,5-6H,3-4,16H2. The van der Waals surface area contributed by atoms with Crippen LogP contribution in [0.2, 0.25) is 0 Å². The minimum absolute atomic E-state index is 0.0253. The lowest BCUT2D eigenvalue weighted by atomic mass is 10.3. The van der Waals surface area contributed by atoms with Crippen LogP contribution in [0.1, 0.15) is 11.7 Å². The average molecular weight is 297 g/mol. The topological polar surface area (TPSA) is 82.8 Å². The number of nitrogens with two attached hydrogens (primary N) is 1. The molecule has 0 aliphatic heterocycles. The summed E-state index contributed by atoms with van der Waals surface area (Å²) in [4.78, 5) is 7.42. The molecular weight excluding hydrogens is 287 g/mol.